The molecule has 0 rings (SSSR count). The number of allylic oxidation sites excluding steroid dienone is 1. The first-order chi connectivity index (χ1) is 6.79. The molecule has 0 spiro atoms. The van der Waals surface area contributed by atoms with Crippen molar-refractivity contribution < 1.29 is 4.74 Å². The molecule has 0 amide bonds. The summed E-state index contributed by atoms with van der Waals surface area (Å²) in [7, 11) is 0. The average molecular weight is 200 g/mol. The number of ether oxygens (including phenoxy) is 1. The Morgan fingerprint density at radius 2 is 2.14 bits per heavy atom. The number of nitrogens with one attached hydrogen (secondary N) is 1. The van der Waals surface area contributed by atoms with Crippen molar-refractivity contribution in [1.29, 1.82) is 0 Å². The third-order valence-electron chi connectivity index (χ3n) is 2.30. The normalized spacial score (nSPS) is 15.1. The van der Waals surface area contributed by atoms with E-state index in [9.17, 15) is 0 Å². The molecule has 0 aliphatic rings. The van der Waals surface area contributed by atoms with Crippen LogP contribution in [0.1, 0.15) is 39.5 Å². The van der Waals surface area contributed by atoms with Crippen LogP contribution in [0.4, 0.5) is 0 Å². The number of rotatable bonds is 9. The maximum Gasteiger partial charge on any atom is 0.0741 e. The molecule has 0 aromatic rings. The van der Waals surface area contributed by atoms with E-state index in [1.54, 1.807) is 0 Å². The van der Waals surface area contributed by atoms with Gasteiger partial charge >= 0.3 is 0 Å². The summed E-state index contributed by atoms with van der Waals surface area (Å²) in [5, 5.41) is 0. The molecule has 3 N–H and O–H groups in total. The van der Waals surface area contributed by atoms with Gasteiger partial charge in [0.2, 0.25) is 0 Å². The van der Waals surface area contributed by atoms with Crippen LogP contribution in [0, 0.1) is 0 Å². The third kappa shape index (κ3) is 5.37. The van der Waals surface area contributed by atoms with Gasteiger partial charge in [0.25, 0.3) is 0 Å². The third-order valence-corrected chi connectivity index (χ3v) is 2.30. The van der Waals surface area contributed by atoms with Crippen molar-refractivity contribution in [3.63, 3.8) is 0 Å². The van der Waals surface area contributed by atoms with Crippen LogP contribution >= 0.6 is 0 Å². The molecule has 0 bridgehead atoms. The highest BCUT2D eigenvalue weighted by Crippen LogP contribution is 2.11. The van der Waals surface area contributed by atoms with E-state index in [1.807, 2.05) is 13.0 Å². The summed E-state index contributed by atoms with van der Waals surface area (Å²) in [6.45, 7) is 8.63. The highest BCUT2D eigenvalue weighted by Gasteiger charge is 2.18. The van der Waals surface area contributed by atoms with Gasteiger partial charge in [-0.25, -0.2) is 0 Å². The minimum atomic E-state index is 0.231. The summed E-state index contributed by atoms with van der Waals surface area (Å²) in [6, 6.07) is 0.243. The van der Waals surface area contributed by atoms with Gasteiger partial charge in [-0.2, -0.15) is 0 Å². The lowest BCUT2D eigenvalue weighted by Crippen LogP contribution is -2.45. The second kappa shape index (κ2) is 9.19. The second-order valence-corrected chi connectivity index (χ2v) is 3.42. The van der Waals surface area contributed by atoms with Crippen molar-refractivity contribution in [3.05, 3.63) is 12.7 Å². The molecule has 0 aromatic carbocycles. The molecule has 2 unspecified atom stereocenters. The fraction of sp³-hybridized carbons (Fsp3) is 0.818. The lowest BCUT2D eigenvalue weighted by atomic mass is 10.0. The molecule has 0 saturated heterocycles. The number of nitrogens with two attached hydrogens (primary N) is 1. The summed E-state index contributed by atoms with van der Waals surface area (Å²) in [5.74, 6) is 5.51. The van der Waals surface area contributed by atoms with Crippen LogP contribution in [-0.2, 0) is 4.74 Å². The van der Waals surface area contributed by atoms with Crippen LogP contribution in [0.3, 0.4) is 0 Å². The first-order valence-electron chi connectivity index (χ1n) is 5.48. The molecule has 0 saturated carbocycles. The van der Waals surface area contributed by atoms with Gasteiger partial charge in [-0.05, 0) is 26.2 Å². The van der Waals surface area contributed by atoms with Crippen LogP contribution in [-0.4, -0.2) is 18.8 Å². The summed E-state index contributed by atoms with van der Waals surface area (Å²) in [6.07, 6.45) is 6.29. The number of hydrogen-bond donors (Lipinski definition) is 2. The molecule has 0 radical (unpaired) electrons. The minimum Gasteiger partial charge on any atom is -0.377 e. The molecule has 14 heavy (non-hydrogen) atoms. The molecule has 0 fully saturated rings. The molecule has 3 heteroatoms. The van der Waals surface area contributed by atoms with Crippen molar-refractivity contribution in [2.45, 2.75) is 51.7 Å². The van der Waals surface area contributed by atoms with Crippen LogP contribution < -0.4 is 11.3 Å². The zero-order chi connectivity index (χ0) is 10.8. The van der Waals surface area contributed by atoms with E-state index in [1.165, 1.54) is 0 Å². The molecule has 3 nitrogen and oxygen atoms in total. The van der Waals surface area contributed by atoms with Crippen molar-refractivity contribution in [1.82, 2.24) is 5.43 Å². The van der Waals surface area contributed by atoms with E-state index in [0.717, 1.165) is 32.3 Å². The Morgan fingerprint density at radius 1 is 1.43 bits per heavy atom. The molecule has 0 heterocycles. The zero-order valence-electron chi connectivity index (χ0n) is 9.46. The Kier molecular flexibility index (Phi) is 8.94. The second-order valence-electron chi connectivity index (χ2n) is 3.42. The summed E-state index contributed by atoms with van der Waals surface area (Å²) < 4.78 is 5.66. The lowest BCUT2D eigenvalue weighted by molar-refractivity contribution is 0.0261. The standard InChI is InChI=1S/C11H24N2O/c1-4-7-9-10(13-12)11(8-5-2)14-6-3/h4,10-11,13H,1,5-9,12H2,2-3H3. The Balaban J connectivity index is 4.02. The molecular weight excluding hydrogens is 176 g/mol. The molecule has 0 aliphatic carbocycles. The summed E-state index contributed by atoms with van der Waals surface area (Å²) >= 11 is 0. The lowest BCUT2D eigenvalue weighted by Gasteiger charge is -2.25. The van der Waals surface area contributed by atoms with Gasteiger partial charge in [0.1, 0.15) is 0 Å². The Bertz CT molecular complexity index is 133. The first-order valence-corrected chi connectivity index (χ1v) is 5.48. The predicted molar refractivity (Wildman–Crippen MR) is 60.9 cm³/mol. The topological polar surface area (TPSA) is 47.3 Å². The van der Waals surface area contributed by atoms with E-state index >= 15 is 0 Å². The van der Waals surface area contributed by atoms with E-state index in [-0.39, 0.29) is 12.1 Å². The van der Waals surface area contributed by atoms with E-state index in [0.29, 0.717) is 0 Å². The quantitative estimate of drug-likeness (QED) is 0.340. The maximum atomic E-state index is 5.66. The first kappa shape index (κ1) is 13.6. The van der Waals surface area contributed by atoms with Crippen molar-refractivity contribution in [2.75, 3.05) is 6.61 Å². The minimum absolute atomic E-state index is 0.231. The fourth-order valence-electron chi connectivity index (χ4n) is 1.57. The van der Waals surface area contributed by atoms with Crippen molar-refractivity contribution >= 4 is 0 Å². The van der Waals surface area contributed by atoms with Crippen LogP contribution in [0.5, 0.6) is 0 Å². The Hall–Kier alpha value is -0.380. The van der Waals surface area contributed by atoms with Crippen LogP contribution in [0.15, 0.2) is 12.7 Å². The maximum absolute atomic E-state index is 5.66. The summed E-state index contributed by atoms with van der Waals surface area (Å²) in [5.41, 5.74) is 2.83. The number of hydrogen-bond acceptors (Lipinski definition) is 3. The van der Waals surface area contributed by atoms with E-state index in [2.05, 4.69) is 18.9 Å². The highest BCUT2D eigenvalue weighted by atomic mass is 16.5. The van der Waals surface area contributed by atoms with Crippen molar-refractivity contribution in [2.24, 2.45) is 5.84 Å². The number of hydrazine groups is 1. The van der Waals surface area contributed by atoms with Crippen LogP contribution in [0.25, 0.3) is 0 Å². The fourth-order valence-corrected chi connectivity index (χ4v) is 1.57. The van der Waals surface area contributed by atoms with Gasteiger partial charge < -0.3 is 4.74 Å². The van der Waals surface area contributed by atoms with Crippen LogP contribution in [0.2, 0.25) is 0 Å². The van der Waals surface area contributed by atoms with Gasteiger partial charge in [-0.3, -0.25) is 11.3 Å². The van der Waals surface area contributed by atoms with Gasteiger partial charge in [-0.1, -0.05) is 19.4 Å². The van der Waals surface area contributed by atoms with Gasteiger partial charge in [0.15, 0.2) is 0 Å². The van der Waals surface area contributed by atoms with E-state index in [4.69, 9.17) is 10.6 Å². The Morgan fingerprint density at radius 3 is 2.57 bits per heavy atom. The SMILES string of the molecule is C=CCCC(NN)C(CCC)OCC. The Labute approximate surface area is 87.7 Å². The molecular formula is C11H24N2O. The summed E-state index contributed by atoms with van der Waals surface area (Å²) in [4.78, 5) is 0. The molecule has 0 aromatic heterocycles. The van der Waals surface area contributed by atoms with Crippen molar-refractivity contribution in [3.8, 4) is 0 Å². The zero-order valence-corrected chi connectivity index (χ0v) is 9.46. The van der Waals surface area contributed by atoms with E-state index < -0.39 is 0 Å². The molecule has 84 valence electrons. The predicted octanol–water partition coefficient (Wildman–Crippen LogP) is 1.99. The van der Waals surface area contributed by atoms with Gasteiger partial charge in [0, 0.05) is 12.6 Å². The van der Waals surface area contributed by atoms with Gasteiger partial charge in [-0.15, -0.1) is 6.58 Å². The average Bonchev–Trinajstić information content (AvgIpc) is 2.19. The molecule has 2 atom stereocenters. The largest absolute Gasteiger partial charge is 0.377 e. The monoisotopic (exact) mass is 200 g/mol. The molecule has 0 aliphatic heterocycles. The smallest absolute Gasteiger partial charge is 0.0741 e. The van der Waals surface area contributed by atoms with Gasteiger partial charge in [0.05, 0.1) is 6.10 Å². The highest BCUT2D eigenvalue weighted by molar-refractivity contribution is 4.79.